The van der Waals surface area contributed by atoms with Crippen LogP contribution in [0.2, 0.25) is 0 Å². The molecular weight excluding hydrogens is 292 g/mol. The topological polar surface area (TPSA) is 83.2 Å². The molecule has 2 heterocycles. The van der Waals surface area contributed by atoms with Gasteiger partial charge in [0.25, 0.3) is 0 Å². The van der Waals surface area contributed by atoms with E-state index >= 15 is 0 Å². The Balaban J connectivity index is 1.98. The summed E-state index contributed by atoms with van der Waals surface area (Å²) in [6.07, 6.45) is 0. The molecule has 4 rings (SSSR count). The quantitative estimate of drug-likeness (QED) is 0.602. The van der Waals surface area contributed by atoms with Gasteiger partial charge in [-0.3, -0.25) is 4.57 Å². The van der Waals surface area contributed by atoms with Crippen LogP contribution in [-0.4, -0.2) is 31.5 Å². The van der Waals surface area contributed by atoms with Gasteiger partial charge in [-0.05, 0) is 36.4 Å². The van der Waals surface area contributed by atoms with Gasteiger partial charge in [-0.15, -0.1) is 10.2 Å². The van der Waals surface area contributed by atoms with Crippen LogP contribution in [0.25, 0.3) is 17.1 Å². The molecule has 0 radical (unpaired) electrons. The van der Waals surface area contributed by atoms with E-state index in [9.17, 15) is 10.2 Å². The van der Waals surface area contributed by atoms with Crippen molar-refractivity contribution in [3.05, 3.63) is 48.3 Å². The Hall–Kier alpha value is -3.02. The molecule has 0 unspecified atom stereocenters. The highest BCUT2D eigenvalue weighted by atomic mass is 16.3. The number of rotatable bonds is 1. The van der Waals surface area contributed by atoms with Crippen molar-refractivity contribution in [1.82, 2.24) is 14.8 Å². The van der Waals surface area contributed by atoms with E-state index < -0.39 is 0 Å². The average molecular weight is 308 g/mol. The first-order valence-electron chi connectivity index (χ1n) is 7.45. The Labute approximate surface area is 133 Å². The van der Waals surface area contributed by atoms with Gasteiger partial charge in [0.1, 0.15) is 17.3 Å². The van der Waals surface area contributed by atoms with Crippen molar-refractivity contribution in [3.63, 3.8) is 0 Å². The number of aromatic nitrogens is 3. The van der Waals surface area contributed by atoms with Crippen molar-refractivity contribution >= 4 is 5.69 Å². The van der Waals surface area contributed by atoms with Gasteiger partial charge in [-0.2, -0.15) is 0 Å². The lowest BCUT2D eigenvalue weighted by Crippen LogP contribution is -2.09. The second kappa shape index (κ2) is 5.01. The van der Waals surface area contributed by atoms with Crippen LogP contribution in [0.4, 0.5) is 5.69 Å². The number of aromatic hydroxyl groups is 2. The Kier molecular flexibility index (Phi) is 2.97. The molecule has 0 amide bonds. The maximum atomic E-state index is 9.89. The van der Waals surface area contributed by atoms with Crippen molar-refractivity contribution in [1.29, 1.82) is 0 Å². The lowest BCUT2D eigenvalue weighted by Gasteiger charge is -2.12. The molecule has 0 bridgehead atoms. The van der Waals surface area contributed by atoms with Crippen molar-refractivity contribution < 1.29 is 10.2 Å². The lowest BCUT2D eigenvalue weighted by atomic mass is 10.1. The second-order valence-electron chi connectivity index (χ2n) is 5.75. The summed E-state index contributed by atoms with van der Waals surface area (Å²) in [6, 6.07) is 12.1. The maximum absolute atomic E-state index is 9.89. The van der Waals surface area contributed by atoms with E-state index in [0.29, 0.717) is 5.82 Å². The number of hydrogen-bond acceptors (Lipinski definition) is 5. The molecule has 3 N–H and O–H groups in total. The molecule has 0 fully saturated rings. The summed E-state index contributed by atoms with van der Waals surface area (Å²) in [5, 5.41) is 31.5. The summed E-state index contributed by atoms with van der Waals surface area (Å²) in [4.78, 5) is 0. The zero-order valence-electron chi connectivity index (χ0n) is 12.6. The Morgan fingerprint density at radius 1 is 1.04 bits per heavy atom. The molecule has 0 spiro atoms. The first-order valence-corrected chi connectivity index (χ1v) is 7.45. The zero-order valence-corrected chi connectivity index (χ0v) is 12.6. The minimum atomic E-state index is 0.169. The summed E-state index contributed by atoms with van der Waals surface area (Å²) in [5.74, 6) is 2.09. The predicted molar refractivity (Wildman–Crippen MR) is 87.0 cm³/mol. The third-order valence-corrected chi connectivity index (χ3v) is 4.08. The van der Waals surface area contributed by atoms with Crippen molar-refractivity contribution in [2.75, 3.05) is 11.9 Å². The van der Waals surface area contributed by atoms with E-state index in [0.717, 1.165) is 29.3 Å². The highest BCUT2D eigenvalue weighted by molar-refractivity contribution is 5.69. The van der Waals surface area contributed by atoms with Crippen LogP contribution in [0.5, 0.6) is 11.5 Å². The number of phenols is 2. The van der Waals surface area contributed by atoms with E-state index in [-0.39, 0.29) is 17.4 Å². The number of benzene rings is 2. The molecule has 3 aromatic rings. The minimum absolute atomic E-state index is 0.169. The molecule has 116 valence electrons. The Morgan fingerprint density at radius 2 is 1.78 bits per heavy atom. The van der Waals surface area contributed by atoms with Gasteiger partial charge in [0.15, 0.2) is 5.82 Å². The average Bonchev–Trinajstić information content (AvgIpc) is 2.93. The van der Waals surface area contributed by atoms with E-state index in [2.05, 4.69) is 22.4 Å². The van der Waals surface area contributed by atoms with Gasteiger partial charge in [0, 0.05) is 24.1 Å². The normalized spacial score (nSPS) is 16.1. The first-order chi connectivity index (χ1) is 11.1. The van der Waals surface area contributed by atoms with E-state index in [1.807, 2.05) is 10.6 Å². The van der Waals surface area contributed by atoms with Gasteiger partial charge in [0.05, 0.1) is 11.4 Å². The van der Waals surface area contributed by atoms with E-state index in [1.54, 1.807) is 36.4 Å². The maximum Gasteiger partial charge on any atom is 0.168 e. The molecule has 1 aromatic heterocycles. The standard InChI is InChI=1S/C17H16N4O2/c1-10-9-18-14-7-6-13(23)8-15(14)21-16(10)19-20-17(21)11-2-4-12(22)5-3-11/h2-8,10,18,22-23H,9H2,1H3/t10-/m1/s1. The summed E-state index contributed by atoms with van der Waals surface area (Å²) >= 11 is 0. The third-order valence-electron chi connectivity index (χ3n) is 4.08. The van der Waals surface area contributed by atoms with E-state index in [4.69, 9.17) is 0 Å². The fourth-order valence-electron chi connectivity index (χ4n) is 2.86. The summed E-state index contributed by atoms with van der Waals surface area (Å²) in [5.41, 5.74) is 2.59. The minimum Gasteiger partial charge on any atom is -0.508 e. The van der Waals surface area contributed by atoms with Crippen molar-refractivity contribution in [3.8, 4) is 28.6 Å². The van der Waals surface area contributed by atoms with Gasteiger partial charge in [-0.1, -0.05) is 6.92 Å². The van der Waals surface area contributed by atoms with Crippen LogP contribution < -0.4 is 5.32 Å². The van der Waals surface area contributed by atoms with Crippen LogP contribution in [0.3, 0.4) is 0 Å². The number of hydrogen-bond donors (Lipinski definition) is 3. The van der Waals surface area contributed by atoms with Crippen molar-refractivity contribution in [2.24, 2.45) is 0 Å². The van der Waals surface area contributed by atoms with Gasteiger partial charge < -0.3 is 15.5 Å². The molecular formula is C17H16N4O2. The molecule has 6 nitrogen and oxygen atoms in total. The number of fused-ring (bicyclic) bond motifs is 3. The molecule has 23 heavy (non-hydrogen) atoms. The Morgan fingerprint density at radius 3 is 2.57 bits per heavy atom. The third kappa shape index (κ3) is 2.19. The van der Waals surface area contributed by atoms with Crippen molar-refractivity contribution in [2.45, 2.75) is 12.8 Å². The smallest absolute Gasteiger partial charge is 0.168 e. The monoisotopic (exact) mass is 308 g/mol. The highest BCUT2D eigenvalue weighted by Crippen LogP contribution is 2.35. The number of anilines is 1. The highest BCUT2D eigenvalue weighted by Gasteiger charge is 2.25. The molecule has 1 aliphatic rings. The first kappa shape index (κ1) is 13.6. The molecule has 2 aromatic carbocycles. The Bertz CT molecular complexity index is 871. The lowest BCUT2D eigenvalue weighted by molar-refractivity contribution is 0.475. The van der Waals surface area contributed by atoms with Gasteiger partial charge in [-0.25, -0.2) is 0 Å². The van der Waals surface area contributed by atoms with Crippen LogP contribution in [0.1, 0.15) is 18.7 Å². The molecule has 1 aliphatic heterocycles. The van der Waals surface area contributed by atoms with Crippen LogP contribution in [0, 0.1) is 0 Å². The fraction of sp³-hybridized carbons (Fsp3) is 0.176. The van der Waals surface area contributed by atoms with E-state index in [1.165, 1.54) is 0 Å². The number of nitrogens with zero attached hydrogens (tertiary/aromatic N) is 3. The van der Waals surface area contributed by atoms with Crippen LogP contribution in [-0.2, 0) is 0 Å². The molecule has 1 atom stereocenters. The van der Waals surface area contributed by atoms with Gasteiger partial charge >= 0.3 is 0 Å². The molecule has 0 aliphatic carbocycles. The van der Waals surface area contributed by atoms with Crippen LogP contribution >= 0.6 is 0 Å². The number of phenolic OH excluding ortho intramolecular Hbond substituents is 2. The fourth-order valence-corrected chi connectivity index (χ4v) is 2.86. The predicted octanol–water partition coefficient (Wildman–Crippen LogP) is 2.87. The van der Waals surface area contributed by atoms with Gasteiger partial charge in [0.2, 0.25) is 0 Å². The summed E-state index contributed by atoms with van der Waals surface area (Å²) in [6.45, 7) is 2.82. The molecule has 0 saturated heterocycles. The largest absolute Gasteiger partial charge is 0.508 e. The molecule has 0 saturated carbocycles. The molecule has 6 heteroatoms. The summed E-state index contributed by atoms with van der Waals surface area (Å²) in [7, 11) is 0. The number of nitrogens with one attached hydrogen (secondary N) is 1. The van der Waals surface area contributed by atoms with Crippen LogP contribution in [0.15, 0.2) is 42.5 Å². The zero-order chi connectivity index (χ0) is 16.0. The SMILES string of the molecule is C[C@@H]1CNc2ccc(O)cc2-n2c(-c3ccc(O)cc3)nnc21. The second-order valence-corrected chi connectivity index (χ2v) is 5.75. The summed E-state index contributed by atoms with van der Waals surface area (Å²) < 4.78 is 1.96.